The van der Waals surface area contributed by atoms with E-state index in [1.54, 1.807) is 0 Å². The molecule has 4 heterocycles. The van der Waals surface area contributed by atoms with E-state index in [9.17, 15) is 0 Å². The van der Waals surface area contributed by atoms with Gasteiger partial charge in [-0.05, 0) is 59.5 Å². The van der Waals surface area contributed by atoms with E-state index in [1.165, 1.54) is 24.0 Å². The van der Waals surface area contributed by atoms with Crippen LogP contribution in [0.4, 0.5) is 0 Å². The summed E-state index contributed by atoms with van der Waals surface area (Å²) < 4.78 is 0. The lowest BCUT2D eigenvalue weighted by molar-refractivity contribution is -0.354. The van der Waals surface area contributed by atoms with Crippen LogP contribution in [0.3, 0.4) is 0 Å². The molecule has 0 amide bonds. The summed E-state index contributed by atoms with van der Waals surface area (Å²) in [6.45, 7) is 0. The van der Waals surface area contributed by atoms with Crippen molar-refractivity contribution in [3.63, 3.8) is 0 Å². The van der Waals surface area contributed by atoms with Crippen molar-refractivity contribution in [2.75, 3.05) is 0 Å². The molecule has 0 radical (unpaired) electrons. The van der Waals surface area contributed by atoms with E-state index in [4.69, 9.17) is 20.5 Å². The second-order valence-corrected chi connectivity index (χ2v) is 14.0. The van der Waals surface area contributed by atoms with E-state index in [0.29, 0.717) is 34.7 Å². The summed E-state index contributed by atoms with van der Waals surface area (Å²) in [5.41, 5.74) is 3.93. The highest BCUT2D eigenvalue weighted by Crippen LogP contribution is 3.20. The normalized spacial score (nSPS) is 72.4. The molecule has 2 aromatic carbocycles. The van der Waals surface area contributed by atoms with Crippen LogP contribution in [0.5, 0.6) is 0 Å². The minimum atomic E-state index is -0.158. The number of benzene rings is 2. The molecule has 16 aliphatic rings. The second kappa shape index (κ2) is 3.67. The molecule has 4 spiro atoms. The summed E-state index contributed by atoms with van der Waals surface area (Å²) in [7, 11) is 0. The van der Waals surface area contributed by atoms with Crippen molar-refractivity contribution < 1.29 is 0 Å². The van der Waals surface area contributed by atoms with E-state index in [-0.39, 0.29) is 21.9 Å². The second-order valence-electron chi connectivity index (χ2n) is 14.0. The third-order valence-corrected chi connectivity index (χ3v) is 15.5. The minimum Gasteiger partial charge on any atom is -0.189 e. The molecule has 16 atom stereocenters. The molecule has 4 heteroatoms. The first kappa shape index (κ1) is 15.6. The zero-order chi connectivity index (χ0) is 21.2. The maximum Gasteiger partial charge on any atom is 0.119 e. The largest absolute Gasteiger partial charge is 0.189 e. The molecule has 12 fully saturated rings. The molecule has 18 rings (SSSR count). The topological polar surface area (TPSA) is 49.4 Å². The molecule has 2 aromatic rings. The van der Waals surface area contributed by atoms with Crippen molar-refractivity contribution in [2.45, 2.75) is 36.0 Å². The molecule has 0 saturated heterocycles. The Balaban J connectivity index is 1.33. The minimum absolute atomic E-state index is 0.158. The molecule has 4 unspecified atom stereocenters. The number of hydrogen-bond acceptors (Lipinski definition) is 4. The molecule has 12 aliphatic carbocycles. The fourth-order valence-corrected chi connectivity index (χ4v) is 17.3. The fraction of sp³-hybridized carbons (Fsp3) is 0.600. The Hall–Kier alpha value is -2.36. The van der Waals surface area contributed by atoms with Gasteiger partial charge in [-0.2, -0.15) is 20.5 Å². The van der Waals surface area contributed by atoms with Crippen molar-refractivity contribution in [2.24, 2.45) is 89.5 Å². The molecule has 4 aliphatic heterocycles. The SMILES string of the molecule is c1ccc([C@@]23N=N[C@@]4(c5ccccc5)[C@@H]5[C@@H]2[C@@H]2N=N[C@H]5C56[C@H]7C[C@@H]8[C@@H]9[C@H]7[C@H]7C[C@@H]9C3(C825)C764)cc1. The van der Waals surface area contributed by atoms with Gasteiger partial charge in [0.25, 0.3) is 0 Å². The van der Waals surface area contributed by atoms with Crippen molar-refractivity contribution in [1.29, 1.82) is 0 Å². The van der Waals surface area contributed by atoms with Crippen LogP contribution < -0.4 is 0 Å². The van der Waals surface area contributed by atoms with Crippen molar-refractivity contribution in [3.05, 3.63) is 71.8 Å². The summed E-state index contributed by atoms with van der Waals surface area (Å²) in [4.78, 5) is 0. The Morgan fingerprint density at radius 2 is 1.00 bits per heavy atom. The zero-order valence-corrected chi connectivity index (χ0v) is 18.8. The molecule has 12 saturated carbocycles. The maximum absolute atomic E-state index is 5.69. The molecule has 16 bridgehead atoms. The first-order valence-electron chi connectivity index (χ1n) is 13.8. The third kappa shape index (κ3) is 0.753. The molecular formula is C30H24N4. The Kier molecular flexibility index (Phi) is 1.68. The predicted molar refractivity (Wildman–Crippen MR) is 120 cm³/mol. The summed E-state index contributed by atoms with van der Waals surface area (Å²) in [6, 6.07) is 23.9. The van der Waals surface area contributed by atoms with Crippen LogP contribution in [-0.2, 0) is 11.1 Å². The van der Waals surface area contributed by atoms with Crippen LogP contribution in [-0.4, -0.2) is 12.1 Å². The highest BCUT2D eigenvalue weighted by atomic mass is 15.5. The van der Waals surface area contributed by atoms with Crippen LogP contribution in [0.1, 0.15) is 24.0 Å². The summed E-state index contributed by atoms with van der Waals surface area (Å²) in [5.74, 6) is 6.36. The quantitative estimate of drug-likeness (QED) is 0.615. The molecule has 34 heavy (non-hydrogen) atoms. The van der Waals surface area contributed by atoms with Crippen molar-refractivity contribution >= 4 is 0 Å². The highest BCUT2D eigenvalue weighted by Gasteiger charge is 3.23. The average molecular weight is 441 g/mol. The molecule has 4 nitrogen and oxygen atoms in total. The summed E-state index contributed by atoms with van der Waals surface area (Å²) in [6.07, 6.45) is 2.94. The Morgan fingerprint density at radius 1 is 0.559 bits per heavy atom. The number of hydrogen-bond donors (Lipinski definition) is 0. The van der Waals surface area contributed by atoms with Gasteiger partial charge in [-0.15, -0.1) is 0 Å². The maximum atomic E-state index is 5.69. The van der Waals surface area contributed by atoms with Crippen molar-refractivity contribution in [3.8, 4) is 0 Å². The van der Waals surface area contributed by atoms with Gasteiger partial charge in [0.15, 0.2) is 0 Å². The average Bonchev–Trinajstić information content (AvgIpc) is 3.66. The van der Waals surface area contributed by atoms with Gasteiger partial charge in [-0.3, -0.25) is 0 Å². The van der Waals surface area contributed by atoms with Gasteiger partial charge in [-0.1, -0.05) is 60.7 Å². The van der Waals surface area contributed by atoms with Gasteiger partial charge in [0, 0.05) is 33.5 Å². The van der Waals surface area contributed by atoms with E-state index in [1.807, 2.05) is 0 Å². The third-order valence-electron chi connectivity index (χ3n) is 15.5. The highest BCUT2D eigenvalue weighted by molar-refractivity contribution is 5.72. The first-order chi connectivity index (χ1) is 16.8. The van der Waals surface area contributed by atoms with E-state index >= 15 is 0 Å². The zero-order valence-electron chi connectivity index (χ0n) is 18.8. The van der Waals surface area contributed by atoms with Gasteiger partial charge in [0.05, 0.1) is 12.1 Å². The van der Waals surface area contributed by atoms with Gasteiger partial charge in [0.2, 0.25) is 0 Å². The van der Waals surface area contributed by atoms with Crippen LogP contribution in [0.25, 0.3) is 0 Å². The Morgan fingerprint density at radius 3 is 1.47 bits per heavy atom. The number of nitrogens with zero attached hydrogens (tertiary/aromatic N) is 4. The van der Waals surface area contributed by atoms with Crippen LogP contribution >= 0.6 is 0 Å². The lowest BCUT2D eigenvalue weighted by atomic mass is 9.21. The number of rotatable bonds is 2. The van der Waals surface area contributed by atoms with E-state index in [2.05, 4.69) is 60.7 Å². The first-order valence-corrected chi connectivity index (χ1v) is 13.8. The molecule has 0 aromatic heterocycles. The van der Waals surface area contributed by atoms with Gasteiger partial charge >= 0.3 is 0 Å². The van der Waals surface area contributed by atoms with Crippen LogP contribution in [0, 0.1) is 69.0 Å². The Labute approximate surface area is 197 Å². The lowest BCUT2D eigenvalue weighted by Crippen LogP contribution is -2.84. The predicted octanol–water partition coefficient (Wildman–Crippen LogP) is 5.22. The van der Waals surface area contributed by atoms with E-state index < -0.39 is 0 Å². The summed E-state index contributed by atoms with van der Waals surface area (Å²) in [5, 5.41) is 22.1. The molecular weight excluding hydrogens is 416 g/mol. The fourth-order valence-electron chi connectivity index (χ4n) is 17.3. The Bertz CT molecular complexity index is 1420. The standard InChI is InChI=1S/C30H24N4/c1-3-7-13(8-4-1)27-21-22-24-26-16-11-15-19-17-12-18(20(16)19)30(26,29(17,27)25(15,26)23(21)31-32-24)28(22,34-33-27)14-9-5-2-6-10-14/h1-10,15-24H,11-12H2/t15-,16+,17+,18-,19+,20-,21-,22-,23+,24-,25?,26?,27-,28+,29?,30?/m1/s1. The van der Waals surface area contributed by atoms with Crippen LogP contribution in [0.2, 0.25) is 0 Å². The summed E-state index contributed by atoms with van der Waals surface area (Å²) >= 11 is 0. The van der Waals surface area contributed by atoms with Crippen LogP contribution in [0.15, 0.2) is 81.1 Å². The molecule has 164 valence electrons. The monoisotopic (exact) mass is 440 g/mol. The lowest BCUT2D eigenvalue weighted by Gasteiger charge is -2.81. The van der Waals surface area contributed by atoms with Gasteiger partial charge in [-0.25, -0.2) is 0 Å². The van der Waals surface area contributed by atoms with Gasteiger partial charge in [0.1, 0.15) is 11.1 Å². The van der Waals surface area contributed by atoms with Crippen molar-refractivity contribution in [1.82, 2.24) is 0 Å². The van der Waals surface area contributed by atoms with E-state index in [0.717, 1.165) is 35.5 Å². The number of azo groups is 2. The van der Waals surface area contributed by atoms with Gasteiger partial charge < -0.3 is 0 Å². The smallest absolute Gasteiger partial charge is 0.119 e. The molecule has 0 N–H and O–H groups in total.